The Morgan fingerprint density at radius 3 is 2.39 bits per heavy atom. The fraction of sp³-hybridized carbons (Fsp3) is 0.348. The first-order chi connectivity index (χ1) is 15.2. The van der Waals surface area contributed by atoms with Gasteiger partial charge in [0, 0.05) is 25.3 Å². The van der Waals surface area contributed by atoms with E-state index in [2.05, 4.69) is 55.6 Å². The van der Waals surface area contributed by atoms with Crippen LogP contribution in [0.5, 0.6) is 5.75 Å². The molecule has 3 aromatic rings. The van der Waals surface area contributed by atoms with Crippen LogP contribution in [0.3, 0.4) is 0 Å². The Hall–Kier alpha value is -2.81. The summed E-state index contributed by atoms with van der Waals surface area (Å²) >= 11 is 1.36. The second-order valence-corrected chi connectivity index (χ2v) is 8.64. The highest BCUT2D eigenvalue weighted by molar-refractivity contribution is 7.13. The van der Waals surface area contributed by atoms with Crippen molar-refractivity contribution >= 4 is 22.9 Å². The van der Waals surface area contributed by atoms with E-state index in [1.807, 2.05) is 12.1 Å². The third kappa shape index (κ3) is 6.10. The molecule has 2 heterocycles. The van der Waals surface area contributed by atoms with E-state index in [1.54, 1.807) is 19.2 Å². The molecule has 1 aliphatic rings. The van der Waals surface area contributed by atoms with Gasteiger partial charge in [0.15, 0.2) is 0 Å². The smallest absolute Gasteiger partial charge is 0.286 e. The Morgan fingerprint density at radius 1 is 0.968 bits per heavy atom. The molecular formula is C23H27N5O2S. The van der Waals surface area contributed by atoms with E-state index in [1.165, 1.54) is 16.9 Å². The zero-order valence-electron chi connectivity index (χ0n) is 17.7. The van der Waals surface area contributed by atoms with Gasteiger partial charge in [-0.3, -0.25) is 14.6 Å². The van der Waals surface area contributed by atoms with Crippen molar-refractivity contribution in [2.45, 2.75) is 19.5 Å². The molecule has 0 radical (unpaired) electrons. The molecule has 31 heavy (non-hydrogen) atoms. The van der Waals surface area contributed by atoms with E-state index in [-0.39, 0.29) is 5.91 Å². The van der Waals surface area contributed by atoms with Crippen molar-refractivity contribution in [3.8, 4) is 5.75 Å². The Kier molecular flexibility index (Phi) is 7.24. The summed E-state index contributed by atoms with van der Waals surface area (Å²) in [7, 11) is 1.61. The number of benzene rings is 2. The minimum absolute atomic E-state index is 0.237. The van der Waals surface area contributed by atoms with Crippen LogP contribution in [-0.4, -0.2) is 59.2 Å². The molecule has 1 saturated heterocycles. The van der Waals surface area contributed by atoms with E-state index < -0.39 is 0 Å². The Balaban J connectivity index is 1.28. The van der Waals surface area contributed by atoms with Gasteiger partial charge in [0.25, 0.3) is 5.91 Å². The number of hydrogen-bond acceptors (Lipinski definition) is 7. The van der Waals surface area contributed by atoms with Crippen LogP contribution in [0.15, 0.2) is 54.6 Å². The number of nitrogens with zero attached hydrogens (tertiary/aromatic N) is 4. The average molecular weight is 438 g/mol. The molecule has 1 aromatic heterocycles. The number of ether oxygens (including phenoxy) is 1. The van der Waals surface area contributed by atoms with Gasteiger partial charge in [0.1, 0.15) is 10.8 Å². The molecule has 0 saturated carbocycles. The second kappa shape index (κ2) is 10.5. The predicted octanol–water partition coefficient (Wildman–Crippen LogP) is 3.51. The third-order valence-electron chi connectivity index (χ3n) is 5.30. The van der Waals surface area contributed by atoms with Gasteiger partial charge in [-0.15, -0.1) is 10.2 Å². The van der Waals surface area contributed by atoms with Crippen LogP contribution >= 0.6 is 11.3 Å². The molecule has 0 aliphatic carbocycles. The van der Waals surface area contributed by atoms with Crippen molar-refractivity contribution in [3.05, 3.63) is 70.2 Å². The van der Waals surface area contributed by atoms with Crippen molar-refractivity contribution in [2.24, 2.45) is 0 Å². The summed E-state index contributed by atoms with van der Waals surface area (Å²) in [5.41, 5.74) is 2.06. The molecule has 8 heteroatoms. The number of aromatic nitrogens is 2. The molecule has 0 atom stereocenters. The van der Waals surface area contributed by atoms with Gasteiger partial charge in [0.2, 0.25) is 5.01 Å². The van der Waals surface area contributed by atoms with Crippen LogP contribution in [-0.2, 0) is 13.1 Å². The topological polar surface area (TPSA) is 70.6 Å². The predicted molar refractivity (Wildman–Crippen MR) is 122 cm³/mol. The maximum Gasteiger partial charge on any atom is 0.286 e. The molecule has 1 amide bonds. The molecule has 1 aliphatic heterocycles. The molecule has 0 unspecified atom stereocenters. The first kappa shape index (κ1) is 21.4. The molecule has 1 N–H and O–H groups in total. The number of methoxy groups -OCH3 is 1. The SMILES string of the molecule is COc1ccc(NC(=O)c2nnc(CN3CCCN(Cc4ccccc4)CC3)s2)cc1. The maximum absolute atomic E-state index is 12.5. The van der Waals surface area contributed by atoms with Gasteiger partial charge >= 0.3 is 0 Å². The summed E-state index contributed by atoms with van der Waals surface area (Å²) in [5.74, 6) is 0.509. The summed E-state index contributed by atoms with van der Waals surface area (Å²) in [5, 5.41) is 12.5. The lowest BCUT2D eigenvalue weighted by atomic mass is 10.2. The van der Waals surface area contributed by atoms with Crippen LogP contribution in [0.1, 0.15) is 26.8 Å². The summed E-state index contributed by atoms with van der Waals surface area (Å²) in [4.78, 5) is 17.4. The van der Waals surface area contributed by atoms with Gasteiger partial charge in [-0.2, -0.15) is 0 Å². The molecule has 2 aromatic carbocycles. The molecule has 0 spiro atoms. The Bertz CT molecular complexity index is 977. The highest BCUT2D eigenvalue weighted by Crippen LogP contribution is 2.18. The van der Waals surface area contributed by atoms with Gasteiger partial charge < -0.3 is 10.1 Å². The van der Waals surface area contributed by atoms with E-state index in [9.17, 15) is 4.79 Å². The number of nitrogens with one attached hydrogen (secondary N) is 1. The van der Waals surface area contributed by atoms with Crippen molar-refractivity contribution < 1.29 is 9.53 Å². The van der Waals surface area contributed by atoms with Gasteiger partial charge in [-0.1, -0.05) is 41.7 Å². The zero-order valence-corrected chi connectivity index (χ0v) is 18.5. The fourth-order valence-corrected chi connectivity index (χ4v) is 4.42. The van der Waals surface area contributed by atoms with Gasteiger partial charge in [-0.25, -0.2) is 0 Å². The highest BCUT2D eigenvalue weighted by Gasteiger charge is 2.18. The van der Waals surface area contributed by atoms with E-state index in [0.717, 1.165) is 56.4 Å². The standard InChI is InChI=1S/C23H27N5O2S/c1-30-20-10-8-19(9-11-20)24-22(29)23-26-25-21(31-23)17-28-13-5-12-27(14-15-28)16-18-6-3-2-4-7-18/h2-4,6-11H,5,12-17H2,1H3,(H,24,29). The quantitative estimate of drug-likeness (QED) is 0.610. The zero-order chi connectivity index (χ0) is 21.5. The maximum atomic E-state index is 12.5. The molecule has 0 bridgehead atoms. The van der Waals surface area contributed by atoms with Crippen LogP contribution in [0.25, 0.3) is 0 Å². The number of hydrogen-bond donors (Lipinski definition) is 1. The monoisotopic (exact) mass is 437 g/mol. The largest absolute Gasteiger partial charge is 0.497 e. The lowest BCUT2D eigenvalue weighted by Crippen LogP contribution is -2.30. The number of anilines is 1. The molecule has 162 valence electrons. The van der Waals surface area contributed by atoms with Crippen LogP contribution in [0.4, 0.5) is 5.69 Å². The minimum Gasteiger partial charge on any atom is -0.497 e. The van der Waals surface area contributed by atoms with E-state index in [4.69, 9.17) is 4.74 Å². The summed E-state index contributed by atoms with van der Waals surface area (Å²) < 4.78 is 5.14. The lowest BCUT2D eigenvalue weighted by Gasteiger charge is -2.21. The van der Waals surface area contributed by atoms with Crippen LogP contribution < -0.4 is 10.1 Å². The van der Waals surface area contributed by atoms with Crippen molar-refractivity contribution in [2.75, 3.05) is 38.6 Å². The molecule has 7 nitrogen and oxygen atoms in total. The van der Waals surface area contributed by atoms with E-state index in [0.29, 0.717) is 10.7 Å². The lowest BCUT2D eigenvalue weighted by molar-refractivity contribution is 0.102. The van der Waals surface area contributed by atoms with Crippen molar-refractivity contribution in [3.63, 3.8) is 0 Å². The normalized spacial score (nSPS) is 15.4. The first-order valence-corrected chi connectivity index (χ1v) is 11.3. The number of amides is 1. The van der Waals surface area contributed by atoms with Crippen LogP contribution in [0, 0.1) is 0 Å². The highest BCUT2D eigenvalue weighted by atomic mass is 32.1. The van der Waals surface area contributed by atoms with Gasteiger partial charge in [0.05, 0.1) is 13.7 Å². The summed E-state index contributed by atoms with van der Waals surface area (Å²) in [6, 6.07) is 17.8. The van der Waals surface area contributed by atoms with Crippen LogP contribution in [0.2, 0.25) is 0 Å². The summed E-state index contributed by atoms with van der Waals surface area (Å²) in [6.45, 7) is 5.85. The second-order valence-electron chi connectivity index (χ2n) is 7.58. The number of carbonyl (C=O) groups excluding carboxylic acids is 1. The third-order valence-corrected chi connectivity index (χ3v) is 6.20. The van der Waals surface area contributed by atoms with Gasteiger partial charge in [-0.05, 0) is 49.3 Å². The van der Waals surface area contributed by atoms with E-state index >= 15 is 0 Å². The molecular weight excluding hydrogens is 410 g/mol. The number of rotatable bonds is 7. The minimum atomic E-state index is -0.237. The van der Waals surface area contributed by atoms with Crippen molar-refractivity contribution in [1.82, 2.24) is 20.0 Å². The fourth-order valence-electron chi connectivity index (χ4n) is 3.64. The molecule has 4 rings (SSSR count). The Morgan fingerprint density at radius 2 is 1.68 bits per heavy atom. The summed E-state index contributed by atoms with van der Waals surface area (Å²) in [6.07, 6.45) is 1.12. The Labute approximate surface area is 186 Å². The van der Waals surface area contributed by atoms with Crippen molar-refractivity contribution in [1.29, 1.82) is 0 Å². The average Bonchev–Trinajstić information content (AvgIpc) is 3.16. The first-order valence-electron chi connectivity index (χ1n) is 10.5. The number of carbonyl (C=O) groups is 1. The molecule has 1 fully saturated rings.